The minimum Gasteiger partial charge on any atom is -0.367 e. The molecule has 0 aromatic heterocycles. The van der Waals surface area contributed by atoms with Crippen LogP contribution in [0.2, 0.25) is 0 Å². The van der Waals surface area contributed by atoms with Crippen LogP contribution >= 0.6 is 0 Å². The van der Waals surface area contributed by atoms with Crippen LogP contribution in [-0.4, -0.2) is 5.54 Å². The third-order valence-corrected chi connectivity index (χ3v) is 3.61. The summed E-state index contributed by atoms with van der Waals surface area (Å²) in [6.45, 7) is 4.37. The van der Waals surface area contributed by atoms with Crippen molar-refractivity contribution in [1.29, 1.82) is 5.26 Å². The molecule has 0 spiro atoms. The summed E-state index contributed by atoms with van der Waals surface area (Å²) in [4.78, 5) is 0. The Hall–Kier alpha value is -1.56. The molecule has 0 bridgehead atoms. The fraction of sp³-hybridized carbons (Fsp3) is 0.500. The summed E-state index contributed by atoms with van der Waals surface area (Å²) in [5.41, 5.74) is 0.363. The second kappa shape index (κ2) is 4.37. The van der Waals surface area contributed by atoms with Crippen LogP contribution in [0.3, 0.4) is 0 Å². The van der Waals surface area contributed by atoms with Gasteiger partial charge in [0.2, 0.25) is 0 Å². The second-order valence-corrected chi connectivity index (χ2v) is 5.24. The molecule has 1 saturated carbocycles. The second-order valence-electron chi connectivity index (χ2n) is 5.24. The number of anilines is 1. The van der Waals surface area contributed by atoms with Crippen molar-refractivity contribution in [2.75, 3.05) is 5.32 Å². The highest BCUT2D eigenvalue weighted by atomic mass is 19.1. The molecule has 0 unspecified atom stereocenters. The van der Waals surface area contributed by atoms with E-state index in [-0.39, 0.29) is 5.82 Å². The Morgan fingerprint density at radius 2 is 1.94 bits per heavy atom. The predicted molar refractivity (Wildman–Crippen MR) is 65.9 cm³/mol. The molecule has 1 N–H and O–H groups in total. The lowest BCUT2D eigenvalue weighted by Gasteiger charge is -2.45. The summed E-state index contributed by atoms with van der Waals surface area (Å²) in [5.74, 6) is 0.976. The van der Waals surface area contributed by atoms with Crippen LogP contribution in [0.15, 0.2) is 24.3 Å². The number of nitrogens with zero attached hydrogens (tertiary/aromatic N) is 1. The smallest absolute Gasteiger partial charge is 0.125 e. The van der Waals surface area contributed by atoms with Crippen molar-refractivity contribution in [2.45, 2.75) is 32.2 Å². The number of hydrogen-bond donors (Lipinski definition) is 1. The van der Waals surface area contributed by atoms with Gasteiger partial charge in [-0.2, -0.15) is 5.26 Å². The Labute approximate surface area is 101 Å². The molecule has 1 aliphatic carbocycles. The van der Waals surface area contributed by atoms with E-state index < -0.39 is 5.54 Å². The van der Waals surface area contributed by atoms with Crippen LogP contribution in [0.25, 0.3) is 0 Å². The highest BCUT2D eigenvalue weighted by Gasteiger charge is 2.45. The van der Waals surface area contributed by atoms with Gasteiger partial charge >= 0.3 is 0 Å². The van der Waals surface area contributed by atoms with Gasteiger partial charge in [-0.15, -0.1) is 0 Å². The van der Waals surface area contributed by atoms with Gasteiger partial charge in [-0.05, 0) is 48.9 Å². The zero-order valence-corrected chi connectivity index (χ0v) is 10.2. The van der Waals surface area contributed by atoms with Gasteiger partial charge in [0, 0.05) is 5.69 Å². The molecule has 0 atom stereocenters. The minimum absolute atomic E-state index is 0.254. The van der Waals surface area contributed by atoms with Gasteiger partial charge in [0.25, 0.3) is 0 Å². The maximum absolute atomic E-state index is 12.8. The van der Waals surface area contributed by atoms with Gasteiger partial charge in [-0.1, -0.05) is 13.8 Å². The highest BCUT2D eigenvalue weighted by molar-refractivity contribution is 5.49. The van der Waals surface area contributed by atoms with Gasteiger partial charge < -0.3 is 5.32 Å². The summed E-state index contributed by atoms with van der Waals surface area (Å²) in [5, 5.41) is 12.5. The molecule has 0 saturated heterocycles. The van der Waals surface area contributed by atoms with E-state index >= 15 is 0 Å². The topological polar surface area (TPSA) is 35.8 Å². The molecule has 1 aliphatic rings. The molecular formula is C14H17FN2. The Morgan fingerprint density at radius 1 is 1.35 bits per heavy atom. The van der Waals surface area contributed by atoms with Crippen LogP contribution in [0.1, 0.15) is 26.7 Å². The van der Waals surface area contributed by atoms with Crippen LogP contribution in [-0.2, 0) is 0 Å². The van der Waals surface area contributed by atoms with Crippen molar-refractivity contribution in [2.24, 2.45) is 11.8 Å². The largest absolute Gasteiger partial charge is 0.367 e. The van der Waals surface area contributed by atoms with Crippen molar-refractivity contribution in [3.8, 4) is 6.07 Å². The quantitative estimate of drug-likeness (QED) is 0.864. The number of hydrogen-bond acceptors (Lipinski definition) is 2. The Balaban J connectivity index is 2.03. The molecule has 1 aromatic carbocycles. The third kappa shape index (κ3) is 2.41. The van der Waals surface area contributed by atoms with Gasteiger partial charge in [0.1, 0.15) is 11.4 Å². The van der Waals surface area contributed by atoms with Gasteiger partial charge in [0.05, 0.1) is 6.07 Å². The number of nitriles is 1. The minimum atomic E-state index is -0.452. The van der Waals surface area contributed by atoms with Crippen LogP contribution in [0.4, 0.5) is 10.1 Å². The van der Waals surface area contributed by atoms with Crippen LogP contribution < -0.4 is 5.32 Å². The van der Waals surface area contributed by atoms with E-state index in [9.17, 15) is 9.65 Å². The molecule has 90 valence electrons. The first kappa shape index (κ1) is 11.9. The van der Waals surface area contributed by atoms with Crippen molar-refractivity contribution in [3.63, 3.8) is 0 Å². The average molecular weight is 232 g/mol. The molecular weight excluding hydrogens is 215 g/mol. The molecule has 0 heterocycles. The summed E-state index contributed by atoms with van der Waals surface area (Å²) in [7, 11) is 0. The number of rotatable bonds is 3. The van der Waals surface area contributed by atoms with E-state index in [0.717, 1.165) is 18.5 Å². The van der Waals surface area contributed by atoms with E-state index in [1.54, 1.807) is 12.1 Å². The molecule has 17 heavy (non-hydrogen) atoms. The monoisotopic (exact) mass is 232 g/mol. The molecule has 2 rings (SSSR count). The first-order valence-electron chi connectivity index (χ1n) is 6.00. The van der Waals surface area contributed by atoms with E-state index in [0.29, 0.717) is 11.8 Å². The van der Waals surface area contributed by atoms with Gasteiger partial charge in [0.15, 0.2) is 0 Å². The van der Waals surface area contributed by atoms with Gasteiger partial charge in [-0.25, -0.2) is 4.39 Å². The first-order chi connectivity index (χ1) is 8.04. The molecule has 1 fully saturated rings. The molecule has 0 radical (unpaired) electrons. The Kier molecular flexibility index (Phi) is 3.06. The SMILES string of the molecule is CC(C)C1CC(C#N)(Nc2ccc(F)cc2)C1. The predicted octanol–water partition coefficient (Wildman–Crippen LogP) is 3.57. The normalized spacial score (nSPS) is 27.4. The number of benzene rings is 1. The summed E-state index contributed by atoms with van der Waals surface area (Å²) >= 11 is 0. The van der Waals surface area contributed by atoms with E-state index in [2.05, 4.69) is 25.2 Å². The first-order valence-corrected chi connectivity index (χ1v) is 6.00. The number of nitrogens with one attached hydrogen (secondary N) is 1. The molecule has 0 aliphatic heterocycles. The Morgan fingerprint density at radius 3 is 2.41 bits per heavy atom. The van der Waals surface area contributed by atoms with Crippen molar-refractivity contribution in [1.82, 2.24) is 0 Å². The zero-order chi connectivity index (χ0) is 12.5. The van der Waals surface area contributed by atoms with E-state index in [4.69, 9.17) is 0 Å². The van der Waals surface area contributed by atoms with Crippen LogP contribution in [0, 0.1) is 29.0 Å². The fourth-order valence-electron chi connectivity index (χ4n) is 2.34. The maximum Gasteiger partial charge on any atom is 0.125 e. The molecule has 3 heteroatoms. The molecule has 2 nitrogen and oxygen atoms in total. The average Bonchev–Trinajstić information content (AvgIpc) is 2.25. The lowest BCUT2D eigenvalue weighted by atomic mass is 9.64. The summed E-state index contributed by atoms with van der Waals surface area (Å²) in [6, 6.07) is 8.53. The lowest BCUT2D eigenvalue weighted by molar-refractivity contribution is 0.165. The molecule has 1 aromatic rings. The molecule has 0 amide bonds. The maximum atomic E-state index is 12.8. The Bertz CT molecular complexity index is 425. The highest BCUT2D eigenvalue weighted by Crippen LogP contribution is 2.43. The zero-order valence-electron chi connectivity index (χ0n) is 10.2. The summed E-state index contributed by atoms with van der Waals surface area (Å²) < 4.78 is 12.8. The van der Waals surface area contributed by atoms with Crippen LogP contribution in [0.5, 0.6) is 0 Å². The standard InChI is InChI=1S/C14H17FN2/c1-10(2)11-7-14(8-11,9-16)17-13-5-3-12(15)4-6-13/h3-6,10-11,17H,7-8H2,1-2H3. The van der Waals surface area contributed by atoms with Crippen molar-refractivity contribution < 1.29 is 4.39 Å². The van der Waals surface area contributed by atoms with Crippen molar-refractivity contribution >= 4 is 5.69 Å². The van der Waals surface area contributed by atoms with Gasteiger partial charge in [-0.3, -0.25) is 0 Å². The van der Waals surface area contributed by atoms with Crippen molar-refractivity contribution in [3.05, 3.63) is 30.1 Å². The fourth-order valence-corrected chi connectivity index (χ4v) is 2.34. The number of halogens is 1. The third-order valence-electron chi connectivity index (χ3n) is 3.61. The lowest BCUT2D eigenvalue weighted by Crippen LogP contribution is -2.50. The van der Waals surface area contributed by atoms with E-state index in [1.165, 1.54) is 12.1 Å². The van der Waals surface area contributed by atoms with E-state index in [1.807, 2.05) is 0 Å². The summed E-state index contributed by atoms with van der Waals surface area (Å²) in [6.07, 6.45) is 1.75.